The summed E-state index contributed by atoms with van der Waals surface area (Å²) < 4.78 is 5.24. The minimum atomic E-state index is -0.746. The van der Waals surface area contributed by atoms with Gasteiger partial charge < -0.3 is 15.8 Å². The molecule has 0 bridgehead atoms. The number of carbonyl (C=O) groups excluding carboxylic acids is 1. The molecule has 20 heavy (non-hydrogen) atoms. The van der Waals surface area contributed by atoms with Gasteiger partial charge in [0.2, 0.25) is 5.91 Å². The van der Waals surface area contributed by atoms with Crippen LogP contribution in [0.15, 0.2) is 24.3 Å². The summed E-state index contributed by atoms with van der Waals surface area (Å²) in [6, 6.07) is 8.22. The smallest absolute Gasteiger partial charge is 0.240 e. The fourth-order valence-corrected chi connectivity index (χ4v) is 2.34. The van der Waals surface area contributed by atoms with Gasteiger partial charge in [0, 0.05) is 19.8 Å². The highest BCUT2D eigenvalue weighted by atomic mass is 35.5. The third kappa shape index (κ3) is 4.20. The number of carbonyl (C=O) groups is 1. The van der Waals surface area contributed by atoms with Crippen molar-refractivity contribution >= 4 is 18.3 Å². The van der Waals surface area contributed by atoms with Crippen molar-refractivity contribution in [2.24, 2.45) is 5.73 Å². The molecule has 1 amide bonds. The monoisotopic (exact) mass is 298 g/mol. The van der Waals surface area contributed by atoms with Crippen LogP contribution in [-0.2, 0) is 16.0 Å². The fraction of sp³-hybridized carbons (Fsp3) is 0.533. The van der Waals surface area contributed by atoms with Gasteiger partial charge >= 0.3 is 0 Å². The summed E-state index contributed by atoms with van der Waals surface area (Å²) >= 11 is 0. The van der Waals surface area contributed by atoms with E-state index < -0.39 is 5.54 Å². The lowest BCUT2D eigenvalue weighted by atomic mass is 9.90. The minimum absolute atomic E-state index is 0. The molecule has 1 heterocycles. The van der Waals surface area contributed by atoms with Crippen molar-refractivity contribution in [3.8, 4) is 0 Å². The molecular weight excluding hydrogens is 276 g/mol. The Hall–Kier alpha value is -1.10. The van der Waals surface area contributed by atoms with Crippen molar-refractivity contribution in [1.29, 1.82) is 0 Å². The molecule has 3 N–H and O–H groups in total. The van der Waals surface area contributed by atoms with Gasteiger partial charge in [-0.3, -0.25) is 4.79 Å². The van der Waals surface area contributed by atoms with Crippen LogP contribution in [0.3, 0.4) is 0 Å². The van der Waals surface area contributed by atoms with Crippen molar-refractivity contribution in [1.82, 2.24) is 5.32 Å². The highest BCUT2D eigenvalue weighted by Crippen LogP contribution is 2.17. The van der Waals surface area contributed by atoms with Crippen LogP contribution in [0.2, 0.25) is 0 Å². The first-order valence-corrected chi connectivity index (χ1v) is 6.81. The number of halogens is 1. The molecule has 0 spiro atoms. The molecule has 4 nitrogen and oxygen atoms in total. The van der Waals surface area contributed by atoms with Gasteiger partial charge in [-0.05, 0) is 37.3 Å². The highest BCUT2D eigenvalue weighted by molar-refractivity contribution is 5.86. The maximum absolute atomic E-state index is 12.1. The molecular formula is C15H23ClN2O2. The van der Waals surface area contributed by atoms with Crippen LogP contribution in [0.25, 0.3) is 0 Å². The largest absolute Gasteiger partial charge is 0.381 e. The Labute approximate surface area is 126 Å². The second-order valence-electron chi connectivity index (χ2n) is 5.20. The first kappa shape index (κ1) is 17.0. The number of nitrogens with one attached hydrogen (secondary N) is 1. The number of benzene rings is 1. The number of hydrogen-bond donors (Lipinski definition) is 2. The molecule has 0 aliphatic carbocycles. The molecule has 1 aliphatic heterocycles. The van der Waals surface area contributed by atoms with Crippen LogP contribution in [0.4, 0.5) is 0 Å². The highest BCUT2D eigenvalue weighted by Gasteiger charge is 2.35. The quantitative estimate of drug-likeness (QED) is 0.887. The number of ether oxygens (including phenoxy) is 1. The first-order chi connectivity index (χ1) is 9.12. The molecule has 1 saturated heterocycles. The average Bonchev–Trinajstić information content (AvgIpc) is 2.41. The lowest BCUT2D eigenvalue weighted by Gasteiger charge is -2.31. The van der Waals surface area contributed by atoms with E-state index in [-0.39, 0.29) is 18.3 Å². The van der Waals surface area contributed by atoms with Crippen LogP contribution >= 0.6 is 12.4 Å². The Balaban J connectivity index is 0.00000200. The Morgan fingerprint density at radius 1 is 1.35 bits per heavy atom. The maximum Gasteiger partial charge on any atom is 0.240 e. The molecule has 1 aromatic rings. The van der Waals surface area contributed by atoms with Crippen molar-refractivity contribution in [3.63, 3.8) is 0 Å². The topological polar surface area (TPSA) is 64.4 Å². The molecule has 1 aromatic carbocycles. The van der Waals surface area contributed by atoms with E-state index in [9.17, 15) is 4.79 Å². The van der Waals surface area contributed by atoms with E-state index in [4.69, 9.17) is 10.5 Å². The van der Waals surface area contributed by atoms with Gasteiger partial charge in [-0.15, -0.1) is 12.4 Å². The van der Waals surface area contributed by atoms with Crippen molar-refractivity contribution in [2.45, 2.75) is 31.7 Å². The summed E-state index contributed by atoms with van der Waals surface area (Å²) in [6.45, 7) is 3.85. The number of aryl methyl sites for hydroxylation is 1. The third-order valence-corrected chi connectivity index (χ3v) is 3.78. The van der Waals surface area contributed by atoms with E-state index in [0.29, 0.717) is 32.6 Å². The minimum Gasteiger partial charge on any atom is -0.381 e. The van der Waals surface area contributed by atoms with Gasteiger partial charge in [0.05, 0.1) is 5.54 Å². The Bertz CT molecular complexity index is 445. The number of hydrogen-bond acceptors (Lipinski definition) is 3. The van der Waals surface area contributed by atoms with E-state index in [1.165, 1.54) is 11.1 Å². The molecule has 0 saturated carbocycles. The zero-order valence-corrected chi connectivity index (χ0v) is 12.7. The SMILES string of the molecule is Cc1ccccc1CCNC(=O)C1(N)CCOCC1.Cl. The van der Waals surface area contributed by atoms with E-state index in [1.54, 1.807) is 0 Å². The zero-order valence-electron chi connectivity index (χ0n) is 11.9. The van der Waals surface area contributed by atoms with Crippen LogP contribution in [0.1, 0.15) is 24.0 Å². The zero-order chi connectivity index (χ0) is 13.7. The molecule has 0 atom stereocenters. The van der Waals surface area contributed by atoms with Gasteiger partial charge in [0.1, 0.15) is 0 Å². The molecule has 1 aliphatic rings. The Kier molecular flexibility index (Phi) is 6.46. The van der Waals surface area contributed by atoms with Crippen molar-refractivity contribution in [3.05, 3.63) is 35.4 Å². The summed E-state index contributed by atoms with van der Waals surface area (Å²) in [4.78, 5) is 12.1. The van der Waals surface area contributed by atoms with E-state index in [1.807, 2.05) is 12.1 Å². The van der Waals surface area contributed by atoms with Gasteiger partial charge in [-0.1, -0.05) is 24.3 Å². The molecule has 112 valence electrons. The lowest BCUT2D eigenvalue weighted by molar-refractivity contribution is -0.129. The summed E-state index contributed by atoms with van der Waals surface area (Å²) in [5, 5.41) is 2.95. The van der Waals surface area contributed by atoms with Gasteiger partial charge in [0.25, 0.3) is 0 Å². The van der Waals surface area contributed by atoms with E-state index in [2.05, 4.69) is 24.4 Å². The average molecular weight is 299 g/mol. The fourth-order valence-electron chi connectivity index (χ4n) is 2.34. The molecule has 5 heteroatoms. The summed E-state index contributed by atoms with van der Waals surface area (Å²) in [7, 11) is 0. The Morgan fingerprint density at radius 2 is 2.00 bits per heavy atom. The van der Waals surface area contributed by atoms with Crippen LogP contribution in [-0.4, -0.2) is 31.2 Å². The van der Waals surface area contributed by atoms with Gasteiger partial charge in [-0.25, -0.2) is 0 Å². The molecule has 2 rings (SSSR count). The van der Waals surface area contributed by atoms with Gasteiger partial charge in [0.15, 0.2) is 0 Å². The standard InChI is InChI=1S/C15H22N2O2.ClH/c1-12-4-2-3-5-13(12)6-9-17-14(18)15(16)7-10-19-11-8-15;/h2-5H,6-11,16H2,1H3,(H,17,18);1H. The molecule has 0 radical (unpaired) electrons. The number of amides is 1. The summed E-state index contributed by atoms with van der Waals surface area (Å²) in [5.41, 5.74) is 7.89. The van der Waals surface area contributed by atoms with Crippen LogP contribution < -0.4 is 11.1 Å². The number of rotatable bonds is 4. The Morgan fingerprint density at radius 3 is 2.65 bits per heavy atom. The maximum atomic E-state index is 12.1. The van der Waals surface area contributed by atoms with E-state index in [0.717, 1.165) is 6.42 Å². The molecule has 1 fully saturated rings. The second-order valence-corrected chi connectivity index (χ2v) is 5.20. The predicted octanol–water partition coefficient (Wildman–Crippen LogP) is 1.58. The summed E-state index contributed by atoms with van der Waals surface area (Å²) in [6.07, 6.45) is 2.04. The first-order valence-electron chi connectivity index (χ1n) is 6.81. The van der Waals surface area contributed by atoms with Crippen LogP contribution in [0.5, 0.6) is 0 Å². The van der Waals surface area contributed by atoms with E-state index >= 15 is 0 Å². The normalized spacial score (nSPS) is 17.1. The third-order valence-electron chi connectivity index (χ3n) is 3.78. The van der Waals surface area contributed by atoms with Gasteiger partial charge in [-0.2, -0.15) is 0 Å². The summed E-state index contributed by atoms with van der Waals surface area (Å²) in [5.74, 6) is -0.0515. The van der Waals surface area contributed by atoms with Crippen molar-refractivity contribution in [2.75, 3.05) is 19.8 Å². The second kappa shape index (κ2) is 7.62. The number of nitrogens with two attached hydrogens (primary N) is 1. The van der Waals surface area contributed by atoms with Crippen LogP contribution in [0, 0.1) is 6.92 Å². The van der Waals surface area contributed by atoms with Crippen molar-refractivity contribution < 1.29 is 9.53 Å². The predicted molar refractivity (Wildman–Crippen MR) is 82.1 cm³/mol. The molecule has 0 aromatic heterocycles. The molecule has 0 unspecified atom stereocenters. The lowest BCUT2D eigenvalue weighted by Crippen LogP contribution is -2.57.